The van der Waals surface area contributed by atoms with Crippen LogP contribution in [0, 0.1) is 18.3 Å². The summed E-state index contributed by atoms with van der Waals surface area (Å²) >= 11 is 3.38. The lowest BCUT2D eigenvalue weighted by atomic mass is 10.2. The Morgan fingerprint density at radius 2 is 2.25 bits per heavy atom. The van der Waals surface area contributed by atoms with E-state index in [2.05, 4.69) is 26.3 Å². The number of hydrogen-bond acceptors (Lipinski definition) is 3. The van der Waals surface area contributed by atoms with Crippen LogP contribution in [0.5, 0.6) is 0 Å². The Hall–Kier alpha value is -2.13. The van der Waals surface area contributed by atoms with Gasteiger partial charge in [-0.1, -0.05) is 12.1 Å². The highest BCUT2D eigenvalue weighted by atomic mass is 79.9. The molecule has 0 spiro atoms. The Morgan fingerprint density at radius 1 is 1.50 bits per heavy atom. The fourth-order valence-electron chi connectivity index (χ4n) is 1.73. The molecule has 2 aromatic rings. The van der Waals surface area contributed by atoms with Crippen LogP contribution >= 0.6 is 15.9 Å². The molecule has 102 valence electrons. The summed E-state index contributed by atoms with van der Waals surface area (Å²) in [5, 5.41) is 16.0. The van der Waals surface area contributed by atoms with Gasteiger partial charge in [0.25, 0.3) is 0 Å². The zero-order valence-corrected chi connectivity index (χ0v) is 12.5. The van der Waals surface area contributed by atoms with Crippen molar-refractivity contribution < 1.29 is 4.79 Å². The van der Waals surface area contributed by atoms with Crippen molar-refractivity contribution in [2.45, 2.75) is 19.9 Å². The Morgan fingerprint density at radius 3 is 2.90 bits per heavy atom. The molecule has 0 saturated heterocycles. The van der Waals surface area contributed by atoms with Gasteiger partial charge in [0, 0.05) is 19.2 Å². The van der Waals surface area contributed by atoms with Crippen LogP contribution in [0.4, 0.5) is 5.69 Å². The summed E-state index contributed by atoms with van der Waals surface area (Å²) in [5.41, 5.74) is 1.89. The normalized spacial score (nSPS) is 10.1. The van der Waals surface area contributed by atoms with Gasteiger partial charge in [-0.15, -0.1) is 0 Å². The SMILES string of the molecule is Cc1nn(CCC(=O)Nc2ccccc2C#N)cc1Br. The molecule has 6 heteroatoms. The van der Waals surface area contributed by atoms with Crippen LogP contribution in [0.15, 0.2) is 34.9 Å². The highest BCUT2D eigenvalue weighted by Gasteiger charge is 2.07. The molecule has 0 aliphatic carbocycles. The molecule has 1 aromatic heterocycles. The summed E-state index contributed by atoms with van der Waals surface area (Å²) in [6.45, 7) is 2.39. The number of amides is 1. The number of hydrogen-bond donors (Lipinski definition) is 1. The first kappa shape index (κ1) is 14.3. The number of rotatable bonds is 4. The topological polar surface area (TPSA) is 70.7 Å². The lowest BCUT2D eigenvalue weighted by Crippen LogP contribution is -2.15. The number of carbonyl (C=O) groups is 1. The second kappa shape index (κ2) is 6.35. The number of aryl methyl sites for hydroxylation is 2. The molecule has 0 unspecified atom stereocenters. The number of benzene rings is 1. The quantitative estimate of drug-likeness (QED) is 0.935. The van der Waals surface area contributed by atoms with Crippen LogP contribution < -0.4 is 5.32 Å². The summed E-state index contributed by atoms with van der Waals surface area (Å²) in [4.78, 5) is 11.9. The van der Waals surface area contributed by atoms with Gasteiger partial charge in [-0.2, -0.15) is 10.4 Å². The lowest BCUT2D eigenvalue weighted by Gasteiger charge is -2.06. The first-order chi connectivity index (χ1) is 9.60. The van der Waals surface area contributed by atoms with Crippen LogP contribution in [-0.2, 0) is 11.3 Å². The van der Waals surface area contributed by atoms with Gasteiger partial charge in [0.1, 0.15) is 6.07 Å². The van der Waals surface area contributed by atoms with E-state index in [1.807, 2.05) is 19.2 Å². The second-order valence-corrected chi connectivity index (χ2v) is 5.14. The number of nitriles is 1. The number of nitrogens with zero attached hydrogens (tertiary/aromatic N) is 3. The van der Waals surface area contributed by atoms with Crippen molar-refractivity contribution in [3.63, 3.8) is 0 Å². The van der Waals surface area contributed by atoms with Crippen molar-refractivity contribution in [3.05, 3.63) is 46.2 Å². The van der Waals surface area contributed by atoms with Crippen LogP contribution in [0.25, 0.3) is 0 Å². The van der Waals surface area contributed by atoms with Crippen molar-refractivity contribution in [1.29, 1.82) is 5.26 Å². The largest absolute Gasteiger partial charge is 0.325 e. The third-order valence-electron chi connectivity index (χ3n) is 2.78. The molecule has 0 radical (unpaired) electrons. The summed E-state index contributed by atoms with van der Waals surface area (Å²) < 4.78 is 2.64. The van der Waals surface area contributed by atoms with E-state index in [1.54, 1.807) is 28.9 Å². The minimum Gasteiger partial charge on any atom is -0.325 e. The van der Waals surface area contributed by atoms with Gasteiger partial charge in [0.2, 0.25) is 5.91 Å². The van der Waals surface area contributed by atoms with Gasteiger partial charge in [-0.25, -0.2) is 0 Å². The molecule has 5 nitrogen and oxygen atoms in total. The molecule has 1 aromatic carbocycles. The van der Waals surface area contributed by atoms with Gasteiger partial charge < -0.3 is 5.32 Å². The molecular formula is C14H13BrN4O. The van der Waals surface area contributed by atoms with Gasteiger partial charge in [0.15, 0.2) is 0 Å². The van der Waals surface area contributed by atoms with Crippen molar-refractivity contribution >= 4 is 27.5 Å². The second-order valence-electron chi connectivity index (χ2n) is 4.28. The van der Waals surface area contributed by atoms with Gasteiger partial charge >= 0.3 is 0 Å². The van der Waals surface area contributed by atoms with Gasteiger partial charge in [0.05, 0.1) is 21.4 Å². The Kier molecular flexibility index (Phi) is 4.53. The Balaban J connectivity index is 1.94. The van der Waals surface area contributed by atoms with Crippen LogP contribution in [0.3, 0.4) is 0 Å². The highest BCUT2D eigenvalue weighted by Crippen LogP contribution is 2.15. The Bertz CT molecular complexity index is 653. The molecule has 2 rings (SSSR count). The maximum Gasteiger partial charge on any atom is 0.226 e. The van der Waals surface area contributed by atoms with E-state index >= 15 is 0 Å². The number of anilines is 1. The fourth-order valence-corrected chi connectivity index (χ4v) is 2.04. The van der Waals surface area contributed by atoms with Crippen molar-refractivity contribution in [2.24, 2.45) is 0 Å². The molecule has 0 aliphatic heterocycles. The molecule has 0 fully saturated rings. The summed E-state index contributed by atoms with van der Waals surface area (Å²) in [7, 11) is 0. The average Bonchev–Trinajstić information content (AvgIpc) is 2.76. The average molecular weight is 333 g/mol. The van der Waals surface area contributed by atoms with Crippen LogP contribution in [-0.4, -0.2) is 15.7 Å². The lowest BCUT2D eigenvalue weighted by molar-refractivity contribution is -0.116. The number of nitrogens with one attached hydrogen (secondary N) is 1. The third kappa shape index (κ3) is 3.45. The first-order valence-corrected chi connectivity index (χ1v) is 6.88. The molecule has 1 N–H and O–H groups in total. The molecule has 0 atom stereocenters. The van der Waals surface area contributed by atoms with Crippen molar-refractivity contribution in [1.82, 2.24) is 9.78 Å². The van der Waals surface area contributed by atoms with E-state index in [-0.39, 0.29) is 5.91 Å². The molecule has 0 saturated carbocycles. The van der Waals surface area contributed by atoms with E-state index in [0.717, 1.165) is 10.2 Å². The van der Waals surface area contributed by atoms with E-state index in [1.165, 1.54) is 0 Å². The molecule has 0 bridgehead atoms. The molecule has 20 heavy (non-hydrogen) atoms. The number of para-hydroxylation sites is 1. The van der Waals surface area contributed by atoms with Crippen molar-refractivity contribution in [3.8, 4) is 6.07 Å². The van der Waals surface area contributed by atoms with Crippen molar-refractivity contribution in [2.75, 3.05) is 5.32 Å². The van der Waals surface area contributed by atoms with Crippen LogP contribution in [0.1, 0.15) is 17.7 Å². The highest BCUT2D eigenvalue weighted by molar-refractivity contribution is 9.10. The maximum atomic E-state index is 11.9. The fraction of sp³-hybridized carbons (Fsp3) is 0.214. The van der Waals surface area contributed by atoms with Gasteiger partial charge in [-0.05, 0) is 35.0 Å². The number of aromatic nitrogens is 2. The summed E-state index contributed by atoms with van der Waals surface area (Å²) in [6, 6.07) is 8.97. The molecule has 1 heterocycles. The predicted molar refractivity (Wildman–Crippen MR) is 79.1 cm³/mol. The van der Waals surface area contributed by atoms with E-state index in [0.29, 0.717) is 24.2 Å². The van der Waals surface area contributed by atoms with E-state index < -0.39 is 0 Å². The minimum atomic E-state index is -0.142. The Labute approximate surface area is 125 Å². The monoisotopic (exact) mass is 332 g/mol. The van der Waals surface area contributed by atoms with E-state index in [9.17, 15) is 4.79 Å². The number of halogens is 1. The summed E-state index contributed by atoms with van der Waals surface area (Å²) in [5.74, 6) is -0.142. The van der Waals surface area contributed by atoms with Crippen LogP contribution in [0.2, 0.25) is 0 Å². The summed E-state index contributed by atoms with van der Waals surface area (Å²) in [6.07, 6.45) is 2.14. The zero-order chi connectivity index (χ0) is 14.5. The zero-order valence-electron chi connectivity index (χ0n) is 10.9. The minimum absolute atomic E-state index is 0.142. The van der Waals surface area contributed by atoms with E-state index in [4.69, 9.17) is 5.26 Å². The number of carbonyl (C=O) groups excluding carboxylic acids is 1. The molecule has 0 aliphatic rings. The molecular weight excluding hydrogens is 320 g/mol. The standard InChI is InChI=1S/C14H13BrN4O/c1-10-12(15)9-19(18-10)7-6-14(20)17-13-5-3-2-4-11(13)8-16/h2-5,9H,6-7H2,1H3,(H,17,20). The first-order valence-electron chi connectivity index (χ1n) is 6.08. The maximum absolute atomic E-state index is 11.9. The van der Waals surface area contributed by atoms with Gasteiger partial charge in [-0.3, -0.25) is 9.48 Å². The molecule has 1 amide bonds. The predicted octanol–water partition coefficient (Wildman–Crippen LogP) is 2.85. The third-order valence-corrected chi connectivity index (χ3v) is 3.55. The smallest absolute Gasteiger partial charge is 0.226 e.